The Morgan fingerprint density at radius 1 is 1.41 bits per heavy atom. The minimum absolute atomic E-state index is 0.0143. The van der Waals surface area contributed by atoms with Crippen molar-refractivity contribution in [3.63, 3.8) is 0 Å². The number of nitrogen functional groups attached to an aromatic ring is 1. The number of rotatable bonds is 5. The molecule has 0 saturated heterocycles. The zero-order chi connectivity index (χ0) is 12.8. The molecule has 0 aliphatic heterocycles. The van der Waals surface area contributed by atoms with Crippen LogP contribution in [0.4, 0.5) is 5.69 Å². The molecule has 0 unspecified atom stereocenters. The van der Waals surface area contributed by atoms with Crippen LogP contribution in [0.2, 0.25) is 0 Å². The average molecular weight is 237 g/mol. The van der Waals surface area contributed by atoms with Crippen LogP contribution < -0.4 is 16.6 Å². The summed E-state index contributed by atoms with van der Waals surface area (Å²) in [5, 5.41) is 2.87. The van der Waals surface area contributed by atoms with E-state index in [0.29, 0.717) is 5.69 Å². The molecular formula is C12H19N3O2. The molecule has 0 aliphatic rings. The number of hydrogen-bond donors (Lipinski definition) is 2. The smallest absolute Gasteiger partial charge is 0.251 e. The second kappa shape index (κ2) is 6.08. The van der Waals surface area contributed by atoms with Crippen LogP contribution in [-0.4, -0.2) is 16.5 Å². The molecule has 1 rings (SSSR count). The lowest BCUT2D eigenvalue weighted by atomic mass is 10.2. The molecule has 17 heavy (non-hydrogen) atoms. The molecule has 0 saturated carbocycles. The Hall–Kier alpha value is -1.78. The zero-order valence-corrected chi connectivity index (χ0v) is 10.3. The van der Waals surface area contributed by atoms with Crippen LogP contribution in [0.3, 0.4) is 0 Å². The topological polar surface area (TPSA) is 77.1 Å². The summed E-state index contributed by atoms with van der Waals surface area (Å²) in [6.45, 7) is 4.04. The van der Waals surface area contributed by atoms with Gasteiger partial charge in [-0.25, -0.2) is 0 Å². The van der Waals surface area contributed by atoms with E-state index in [1.807, 2.05) is 13.8 Å². The van der Waals surface area contributed by atoms with Crippen LogP contribution in [0.15, 0.2) is 23.1 Å². The Morgan fingerprint density at radius 2 is 2.06 bits per heavy atom. The van der Waals surface area contributed by atoms with Crippen LogP contribution >= 0.6 is 0 Å². The minimum atomic E-state index is -0.223. The van der Waals surface area contributed by atoms with Gasteiger partial charge in [-0.1, -0.05) is 13.8 Å². The van der Waals surface area contributed by atoms with Crippen molar-refractivity contribution in [3.05, 3.63) is 28.7 Å². The number of aromatic nitrogens is 1. The molecular weight excluding hydrogens is 218 g/mol. The number of nitrogens with two attached hydrogens (primary N) is 1. The number of carbonyl (C=O) groups is 1. The zero-order valence-electron chi connectivity index (χ0n) is 10.3. The van der Waals surface area contributed by atoms with Crippen LogP contribution in [0.25, 0.3) is 0 Å². The molecule has 3 N–H and O–H groups in total. The fourth-order valence-corrected chi connectivity index (χ4v) is 1.59. The predicted molar refractivity (Wildman–Crippen MR) is 67.6 cm³/mol. The van der Waals surface area contributed by atoms with E-state index in [1.54, 1.807) is 0 Å². The number of anilines is 1. The standard InChI is InChI=1S/C12H19N3O2/c1-3-10(4-2)14-11(16)8-15-7-9(13)5-6-12(15)17/h5-7,10H,3-4,8,13H2,1-2H3,(H,14,16). The highest BCUT2D eigenvalue weighted by molar-refractivity contribution is 5.76. The summed E-state index contributed by atoms with van der Waals surface area (Å²) in [5.41, 5.74) is 5.81. The van der Waals surface area contributed by atoms with Crippen molar-refractivity contribution in [1.29, 1.82) is 0 Å². The number of carbonyl (C=O) groups excluding carboxylic acids is 1. The summed E-state index contributed by atoms with van der Waals surface area (Å²) >= 11 is 0. The maximum absolute atomic E-state index is 11.7. The van der Waals surface area contributed by atoms with Gasteiger partial charge in [-0.15, -0.1) is 0 Å². The highest BCUT2D eigenvalue weighted by Crippen LogP contribution is 1.98. The van der Waals surface area contributed by atoms with E-state index in [1.165, 1.54) is 22.9 Å². The first-order valence-electron chi connectivity index (χ1n) is 5.82. The van der Waals surface area contributed by atoms with E-state index < -0.39 is 0 Å². The number of pyridine rings is 1. The molecule has 0 fully saturated rings. The van der Waals surface area contributed by atoms with Crippen LogP contribution in [0, 0.1) is 0 Å². The fraction of sp³-hybridized carbons (Fsp3) is 0.500. The molecule has 0 spiro atoms. The Kier molecular flexibility index (Phi) is 4.75. The molecule has 0 atom stereocenters. The van der Waals surface area contributed by atoms with Crippen molar-refractivity contribution in [3.8, 4) is 0 Å². The molecule has 94 valence electrons. The van der Waals surface area contributed by atoms with E-state index in [4.69, 9.17) is 5.73 Å². The molecule has 5 nitrogen and oxygen atoms in total. The third-order valence-corrected chi connectivity index (χ3v) is 2.67. The predicted octanol–water partition coefficient (Wildman–Crippen LogP) is 0.735. The molecule has 0 aliphatic carbocycles. The molecule has 0 bridgehead atoms. The lowest BCUT2D eigenvalue weighted by Crippen LogP contribution is -2.38. The first kappa shape index (κ1) is 13.3. The van der Waals surface area contributed by atoms with Crippen LogP contribution in [0.1, 0.15) is 26.7 Å². The molecule has 0 aromatic carbocycles. The molecule has 1 aromatic rings. The number of nitrogens with zero attached hydrogens (tertiary/aromatic N) is 1. The van der Waals surface area contributed by atoms with Gasteiger partial charge >= 0.3 is 0 Å². The van der Waals surface area contributed by atoms with Gasteiger partial charge in [0, 0.05) is 24.0 Å². The van der Waals surface area contributed by atoms with E-state index in [0.717, 1.165) is 12.8 Å². The van der Waals surface area contributed by atoms with Crippen molar-refractivity contribution in [2.45, 2.75) is 39.3 Å². The maximum atomic E-state index is 11.7. The second-order valence-electron chi connectivity index (χ2n) is 4.01. The van der Waals surface area contributed by atoms with Gasteiger partial charge in [0.2, 0.25) is 5.91 Å². The fourth-order valence-electron chi connectivity index (χ4n) is 1.59. The lowest BCUT2D eigenvalue weighted by molar-refractivity contribution is -0.122. The van der Waals surface area contributed by atoms with Crippen molar-refractivity contribution in [2.75, 3.05) is 5.73 Å². The Labute approximate surface area is 101 Å². The van der Waals surface area contributed by atoms with Crippen molar-refractivity contribution < 1.29 is 4.79 Å². The maximum Gasteiger partial charge on any atom is 0.251 e. The number of amides is 1. The molecule has 1 aromatic heterocycles. The summed E-state index contributed by atoms with van der Waals surface area (Å²) in [7, 11) is 0. The molecule has 5 heteroatoms. The number of nitrogens with one attached hydrogen (secondary N) is 1. The van der Waals surface area contributed by atoms with Gasteiger partial charge in [-0.05, 0) is 18.9 Å². The van der Waals surface area contributed by atoms with Crippen molar-refractivity contribution >= 4 is 11.6 Å². The van der Waals surface area contributed by atoms with Gasteiger partial charge in [0.25, 0.3) is 5.56 Å². The summed E-state index contributed by atoms with van der Waals surface area (Å²) in [4.78, 5) is 23.2. The summed E-state index contributed by atoms with van der Waals surface area (Å²) in [5.74, 6) is -0.161. The molecule has 0 radical (unpaired) electrons. The second-order valence-corrected chi connectivity index (χ2v) is 4.01. The van der Waals surface area contributed by atoms with Crippen LogP contribution in [0.5, 0.6) is 0 Å². The van der Waals surface area contributed by atoms with E-state index in [2.05, 4.69) is 5.32 Å². The highest BCUT2D eigenvalue weighted by atomic mass is 16.2. The van der Waals surface area contributed by atoms with Gasteiger partial charge in [-0.2, -0.15) is 0 Å². The monoisotopic (exact) mass is 237 g/mol. The normalized spacial score (nSPS) is 10.5. The summed E-state index contributed by atoms with van der Waals surface area (Å²) in [6.07, 6.45) is 3.25. The van der Waals surface area contributed by atoms with E-state index >= 15 is 0 Å². The Balaban J connectivity index is 2.68. The Bertz CT molecular complexity index is 436. The quantitative estimate of drug-likeness (QED) is 0.792. The van der Waals surface area contributed by atoms with Gasteiger partial charge < -0.3 is 15.6 Å². The largest absolute Gasteiger partial charge is 0.398 e. The molecule has 1 heterocycles. The molecule has 1 amide bonds. The van der Waals surface area contributed by atoms with Gasteiger partial charge in [0.15, 0.2) is 0 Å². The SMILES string of the molecule is CCC(CC)NC(=O)Cn1cc(N)ccc1=O. The Morgan fingerprint density at radius 3 is 2.65 bits per heavy atom. The summed E-state index contributed by atoms with van der Waals surface area (Å²) in [6, 6.07) is 3.05. The lowest BCUT2D eigenvalue weighted by Gasteiger charge is -2.15. The minimum Gasteiger partial charge on any atom is -0.398 e. The third-order valence-electron chi connectivity index (χ3n) is 2.67. The highest BCUT2D eigenvalue weighted by Gasteiger charge is 2.09. The first-order valence-corrected chi connectivity index (χ1v) is 5.82. The first-order chi connectivity index (χ1) is 8.06. The number of hydrogen-bond acceptors (Lipinski definition) is 3. The third kappa shape index (κ3) is 3.94. The van der Waals surface area contributed by atoms with Gasteiger partial charge in [0.1, 0.15) is 6.54 Å². The van der Waals surface area contributed by atoms with Crippen molar-refractivity contribution in [2.24, 2.45) is 0 Å². The summed E-state index contributed by atoms with van der Waals surface area (Å²) < 4.78 is 1.31. The van der Waals surface area contributed by atoms with Crippen molar-refractivity contribution in [1.82, 2.24) is 9.88 Å². The van der Waals surface area contributed by atoms with E-state index in [-0.39, 0.29) is 24.1 Å². The average Bonchev–Trinajstić information content (AvgIpc) is 2.31. The van der Waals surface area contributed by atoms with E-state index in [9.17, 15) is 9.59 Å². The van der Waals surface area contributed by atoms with Gasteiger partial charge in [0.05, 0.1) is 0 Å². The van der Waals surface area contributed by atoms with Gasteiger partial charge in [-0.3, -0.25) is 9.59 Å². The van der Waals surface area contributed by atoms with Crippen LogP contribution in [-0.2, 0) is 11.3 Å².